The highest BCUT2D eigenvalue weighted by molar-refractivity contribution is 5.85. The van der Waals surface area contributed by atoms with Crippen molar-refractivity contribution in [3.63, 3.8) is 0 Å². The number of benzene rings is 1. The van der Waals surface area contributed by atoms with E-state index in [9.17, 15) is 22.4 Å². The first-order chi connectivity index (χ1) is 9.13. The SMILES string of the molecule is CC1(C)COC(=O)N[C@@H]1c1cccc(F)c1C(F)(F)F.Cl. The molecule has 3 nitrogen and oxygen atoms in total. The first kappa shape index (κ1) is 17.6. The van der Waals surface area contributed by atoms with Crippen LogP contribution >= 0.6 is 12.4 Å². The van der Waals surface area contributed by atoms with Crippen LogP contribution in [0.5, 0.6) is 0 Å². The fourth-order valence-electron chi connectivity index (χ4n) is 2.27. The lowest BCUT2D eigenvalue weighted by Gasteiger charge is -2.39. The molecular weight excluding hydrogens is 314 g/mol. The van der Waals surface area contributed by atoms with Crippen molar-refractivity contribution >= 4 is 18.5 Å². The number of ether oxygens (including phenoxy) is 1. The third kappa shape index (κ3) is 3.40. The molecule has 1 fully saturated rings. The third-order valence-electron chi connectivity index (χ3n) is 3.26. The molecule has 1 amide bonds. The molecule has 2 rings (SSSR count). The number of hydrogen-bond donors (Lipinski definition) is 1. The summed E-state index contributed by atoms with van der Waals surface area (Å²) in [6.07, 6.45) is -5.65. The highest BCUT2D eigenvalue weighted by Crippen LogP contribution is 2.43. The number of nitrogens with one attached hydrogen (secondary N) is 1. The van der Waals surface area contributed by atoms with Gasteiger partial charge in [-0.1, -0.05) is 26.0 Å². The van der Waals surface area contributed by atoms with Crippen molar-refractivity contribution in [2.24, 2.45) is 5.41 Å². The normalized spacial score (nSPS) is 21.0. The van der Waals surface area contributed by atoms with Gasteiger partial charge in [0.2, 0.25) is 0 Å². The molecule has 0 bridgehead atoms. The Morgan fingerprint density at radius 2 is 1.95 bits per heavy atom. The summed E-state index contributed by atoms with van der Waals surface area (Å²) in [7, 11) is 0. The maximum atomic E-state index is 13.6. The molecule has 1 aliphatic rings. The number of amides is 1. The van der Waals surface area contributed by atoms with Crippen molar-refractivity contribution in [3.05, 3.63) is 35.1 Å². The number of carbonyl (C=O) groups is 1. The van der Waals surface area contributed by atoms with Crippen LogP contribution in [-0.4, -0.2) is 12.7 Å². The average molecular weight is 328 g/mol. The van der Waals surface area contributed by atoms with Crippen molar-refractivity contribution < 1.29 is 27.1 Å². The van der Waals surface area contributed by atoms with Gasteiger partial charge < -0.3 is 10.1 Å². The molecule has 0 saturated carbocycles. The fraction of sp³-hybridized carbons (Fsp3) is 0.462. The molecule has 1 heterocycles. The Morgan fingerprint density at radius 1 is 1.33 bits per heavy atom. The molecule has 1 aliphatic heterocycles. The third-order valence-corrected chi connectivity index (χ3v) is 3.26. The molecular formula is C13H14ClF4NO2. The number of hydrogen-bond acceptors (Lipinski definition) is 2. The number of carbonyl (C=O) groups excluding carboxylic acids is 1. The maximum absolute atomic E-state index is 13.6. The van der Waals surface area contributed by atoms with E-state index in [2.05, 4.69) is 5.32 Å². The molecule has 118 valence electrons. The molecule has 0 aromatic heterocycles. The van der Waals surface area contributed by atoms with Crippen molar-refractivity contribution in [1.29, 1.82) is 0 Å². The first-order valence-corrected chi connectivity index (χ1v) is 5.92. The monoisotopic (exact) mass is 327 g/mol. The van der Waals surface area contributed by atoms with E-state index in [1.54, 1.807) is 13.8 Å². The van der Waals surface area contributed by atoms with Gasteiger partial charge in [0.15, 0.2) is 0 Å². The van der Waals surface area contributed by atoms with E-state index < -0.39 is 35.1 Å². The number of halogens is 5. The highest BCUT2D eigenvalue weighted by Gasteiger charge is 2.44. The second kappa shape index (κ2) is 5.71. The Balaban J connectivity index is 0.00000220. The summed E-state index contributed by atoms with van der Waals surface area (Å²) in [6.45, 7) is 3.24. The quantitative estimate of drug-likeness (QED) is 0.789. The van der Waals surface area contributed by atoms with E-state index in [0.29, 0.717) is 0 Å². The van der Waals surface area contributed by atoms with Gasteiger partial charge in [-0.3, -0.25) is 0 Å². The van der Waals surface area contributed by atoms with Gasteiger partial charge in [0.05, 0.1) is 11.6 Å². The highest BCUT2D eigenvalue weighted by atomic mass is 35.5. The fourth-order valence-corrected chi connectivity index (χ4v) is 2.27. The van der Waals surface area contributed by atoms with E-state index >= 15 is 0 Å². The summed E-state index contributed by atoms with van der Waals surface area (Å²) >= 11 is 0. The molecule has 0 unspecified atom stereocenters. The van der Waals surface area contributed by atoms with Crippen LogP contribution in [0.1, 0.15) is 31.0 Å². The average Bonchev–Trinajstić information content (AvgIpc) is 2.30. The van der Waals surface area contributed by atoms with Crippen molar-refractivity contribution in [3.8, 4) is 0 Å². The Hall–Kier alpha value is -1.50. The zero-order chi connectivity index (χ0) is 15.1. The predicted molar refractivity (Wildman–Crippen MR) is 69.7 cm³/mol. The van der Waals surface area contributed by atoms with Crippen molar-refractivity contribution in [1.82, 2.24) is 5.32 Å². The zero-order valence-electron chi connectivity index (χ0n) is 11.3. The second-order valence-electron chi connectivity index (χ2n) is 5.34. The van der Waals surface area contributed by atoms with E-state index in [1.165, 1.54) is 12.1 Å². The lowest BCUT2D eigenvalue weighted by molar-refractivity contribution is -0.141. The van der Waals surface area contributed by atoms with E-state index in [-0.39, 0.29) is 24.6 Å². The summed E-state index contributed by atoms with van der Waals surface area (Å²) in [4.78, 5) is 11.3. The van der Waals surface area contributed by atoms with Gasteiger partial charge in [0.1, 0.15) is 12.4 Å². The molecule has 8 heteroatoms. The minimum atomic E-state index is -4.83. The van der Waals surface area contributed by atoms with Gasteiger partial charge in [0.25, 0.3) is 0 Å². The minimum absolute atomic E-state index is 0. The molecule has 0 radical (unpaired) electrons. The van der Waals surface area contributed by atoms with Crippen LogP contribution in [0.4, 0.5) is 22.4 Å². The van der Waals surface area contributed by atoms with Crippen LogP contribution in [0.25, 0.3) is 0 Å². The summed E-state index contributed by atoms with van der Waals surface area (Å²) in [6, 6.07) is 2.14. The summed E-state index contributed by atoms with van der Waals surface area (Å²) < 4.78 is 57.4. The number of cyclic esters (lactones) is 1. The topological polar surface area (TPSA) is 38.3 Å². The lowest BCUT2D eigenvalue weighted by atomic mass is 9.78. The zero-order valence-corrected chi connectivity index (χ0v) is 12.1. The summed E-state index contributed by atoms with van der Waals surface area (Å²) in [5.74, 6) is -1.36. The Labute approximate surface area is 125 Å². The van der Waals surface area contributed by atoms with E-state index in [0.717, 1.165) is 6.07 Å². The minimum Gasteiger partial charge on any atom is -0.449 e. The molecule has 1 aromatic rings. The second-order valence-corrected chi connectivity index (χ2v) is 5.34. The Bertz CT molecular complexity index is 545. The van der Waals surface area contributed by atoms with Gasteiger partial charge in [0, 0.05) is 5.41 Å². The van der Waals surface area contributed by atoms with Crippen LogP contribution in [0.15, 0.2) is 18.2 Å². The lowest BCUT2D eigenvalue weighted by Crippen LogP contribution is -2.47. The smallest absolute Gasteiger partial charge is 0.419 e. The van der Waals surface area contributed by atoms with Gasteiger partial charge in [-0.05, 0) is 11.6 Å². The molecule has 1 aromatic carbocycles. The Kier molecular flexibility index (Phi) is 4.77. The van der Waals surface area contributed by atoms with Crippen molar-refractivity contribution in [2.75, 3.05) is 6.61 Å². The number of alkyl halides is 3. The molecule has 21 heavy (non-hydrogen) atoms. The van der Waals surface area contributed by atoms with Crippen LogP contribution in [-0.2, 0) is 10.9 Å². The summed E-state index contributed by atoms with van der Waals surface area (Å²) in [5, 5.41) is 2.33. The molecule has 0 spiro atoms. The van der Waals surface area contributed by atoms with E-state index in [1.807, 2.05) is 0 Å². The molecule has 0 aliphatic carbocycles. The van der Waals surface area contributed by atoms with Crippen LogP contribution in [0, 0.1) is 11.2 Å². The maximum Gasteiger partial charge on any atom is 0.419 e. The van der Waals surface area contributed by atoms with Crippen LogP contribution in [0.2, 0.25) is 0 Å². The molecule has 1 atom stereocenters. The standard InChI is InChI=1S/C13H13F4NO2.ClH/c1-12(2)6-20-11(19)18-10(12)7-4-3-5-8(14)9(7)13(15,16)17;/h3-5,10H,6H2,1-2H3,(H,18,19);1H/t10-;/m1./s1. The van der Waals surface area contributed by atoms with Gasteiger partial charge >= 0.3 is 12.3 Å². The summed E-state index contributed by atoms with van der Waals surface area (Å²) in [5.41, 5.74) is -2.43. The molecule has 1 N–H and O–H groups in total. The Morgan fingerprint density at radius 3 is 2.52 bits per heavy atom. The molecule has 1 saturated heterocycles. The first-order valence-electron chi connectivity index (χ1n) is 5.92. The van der Waals surface area contributed by atoms with E-state index in [4.69, 9.17) is 4.74 Å². The van der Waals surface area contributed by atoms with Gasteiger partial charge in [-0.2, -0.15) is 13.2 Å². The van der Waals surface area contributed by atoms with Gasteiger partial charge in [-0.15, -0.1) is 12.4 Å². The van der Waals surface area contributed by atoms with Gasteiger partial charge in [-0.25, -0.2) is 9.18 Å². The number of alkyl carbamates (subject to hydrolysis) is 1. The number of rotatable bonds is 1. The predicted octanol–water partition coefficient (Wildman–Crippen LogP) is 4.07. The van der Waals surface area contributed by atoms with Crippen LogP contribution < -0.4 is 5.32 Å². The largest absolute Gasteiger partial charge is 0.449 e. The van der Waals surface area contributed by atoms with Crippen LogP contribution in [0.3, 0.4) is 0 Å². The van der Waals surface area contributed by atoms with Crippen molar-refractivity contribution in [2.45, 2.75) is 26.1 Å².